The molecule has 2 rings (SSSR count). The van der Waals surface area contributed by atoms with Crippen molar-refractivity contribution < 1.29 is 18.3 Å². The van der Waals surface area contributed by atoms with Crippen LogP contribution in [0.1, 0.15) is 21.7 Å². The fourth-order valence-corrected chi connectivity index (χ4v) is 3.60. The lowest BCUT2D eigenvalue weighted by Gasteiger charge is -2.10. The molecule has 0 aliphatic rings. The lowest BCUT2D eigenvalue weighted by atomic mass is 10.2. The molecule has 0 radical (unpaired) electrons. The van der Waals surface area contributed by atoms with Gasteiger partial charge in [-0.2, -0.15) is 5.10 Å². The summed E-state index contributed by atoms with van der Waals surface area (Å²) in [6.45, 7) is 3.15. The van der Waals surface area contributed by atoms with Gasteiger partial charge in [0.25, 0.3) is 10.0 Å². The molecule has 0 saturated carbocycles. The van der Waals surface area contributed by atoms with Gasteiger partial charge in [-0.15, -0.1) is 0 Å². The molecule has 0 bridgehead atoms. The zero-order valence-corrected chi connectivity index (χ0v) is 12.7. The molecule has 0 aliphatic heterocycles. The molecule has 2 aromatic rings. The second-order valence-electron chi connectivity index (χ2n) is 4.37. The van der Waals surface area contributed by atoms with E-state index in [-0.39, 0.29) is 21.2 Å². The summed E-state index contributed by atoms with van der Waals surface area (Å²) in [7, 11) is -3.86. The molecule has 3 N–H and O–H groups in total. The van der Waals surface area contributed by atoms with Gasteiger partial charge in [0.15, 0.2) is 0 Å². The van der Waals surface area contributed by atoms with Crippen molar-refractivity contribution in [2.75, 3.05) is 4.72 Å². The van der Waals surface area contributed by atoms with Gasteiger partial charge in [0.05, 0.1) is 27.7 Å². The highest BCUT2D eigenvalue weighted by molar-refractivity contribution is 7.92. The molecule has 9 heteroatoms. The Morgan fingerprint density at radius 3 is 2.52 bits per heavy atom. The number of rotatable bonds is 4. The number of aromatic nitrogens is 2. The van der Waals surface area contributed by atoms with Gasteiger partial charge in [0.1, 0.15) is 4.90 Å². The summed E-state index contributed by atoms with van der Waals surface area (Å²) in [6.07, 6.45) is 0. The molecule has 0 spiro atoms. The summed E-state index contributed by atoms with van der Waals surface area (Å²) in [6, 6.07) is 3.74. The smallest absolute Gasteiger partial charge is 0.335 e. The highest BCUT2D eigenvalue weighted by atomic mass is 35.5. The van der Waals surface area contributed by atoms with Gasteiger partial charge in [0, 0.05) is 0 Å². The van der Waals surface area contributed by atoms with Crippen LogP contribution in [-0.2, 0) is 10.0 Å². The number of hydrogen-bond acceptors (Lipinski definition) is 4. The van der Waals surface area contributed by atoms with Crippen LogP contribution >= 0.6 is 11.6 Å². The SMILES string of the molecule is Cc1n[nH]c(C)c1S(=O)(=O)Nc1ccc(C(=O)O)cc1Cl. The number of nitrogens with one attached hydrogen (secondary N) is 2. The fraction of sp³-hybridized carbons (Fsp3) is 0.167. The van der Waals surface area contributed by atoms with E-state index in [1.165, 1.54) is 18.2 Å². The number of benzene rings is 1. The number of carboxylic acids is 1. The first-order valence-electron chi connectivity index (χ1n) is 5.79. The van der Waals surface area contributed by atoms with Crippen molar-refractivity contribution in [3.8, 4) is 0 Å². The van der Waals surface area contributed by atoms with Crippen LogP contribution in [0, 0.1) is 13.8 Å². The van der Waals surface area contributed by atoms with Crippen LogP contribution in [0.5, 0.6) is 0 Å². The summed E-state index contributed by atoms with van der Waals surface area (Å²) in [5, 5.41) is 15.3. The topological polar surface area (TPSA) is 112 Å². The fourth-order valence-electron chi connectivity index (χ4n) is 1.86. The second-order valence-corrected chi connectivity index (χ2v) is 6.39. The van der Waals surface area contributed by atoms with Crippen LogP contribution in [0.2, 0.25) is 5.02 Å². The van der Waals surface area contributed by atoms with Crippen LogP contribution in [0.25, 0.3) is 0 Å². The van der Waals surface area contributed by atoms with Crippen LogP contribution in [0.15, 0.2) is 23.1 Å². The van der Waals surface area contributed by atoms with E-state index in [4.69, 9.17) is 16.7 Å². The largest absolute Gasteiger partial charge is 0.478 e. The summed E-state index contributed by atoms with van der Waals surface area (Å²) in [4.78, 5) is 10.9. The minimum atomic E-state index is -3.86. The van der Waals surface area contributed by atoms with Crippen molar-refractivity contribution in [2.45, 2.75) is 18.7 Å². The van der Waals surface area contributed by atoms with Gasteiger partial charge in [-0.1, -0.05) is 11.6 Å². The van der Waals surface area contributed by atoms with Crippen molar-refractivity contribution in [2.24, 2.45) is 0 Å². The van der Waals surface area contributed by atoms with E-state index in [1.54, 1.807) is 13.8 Å². The Balaban J connectivity index is 2.40. The van der Waals surface area contributed by atoms with Crippen molar-refractivity contribution in [1.29, 1.82) is 0 Å². The molecule has 0 amide bonds. The molecule has 1 aromatic carbocycles. The number of hydrogen-bond donors (Lipinski definition) is 3. The molecular weight excluding hydrogens is 318 g/mol. The quantitative estimate of drug-likeness (QED) is 0.795. The zero-order valence-electron chi connectivity index (χ0n) is 11.1. The Morgan fingerprint density at radius 2 is 2.05 bits per heavy atom. The van der Waals surface area contributed by atoms with Gasteiger partial charge >= 0.3 is 5.97 Å². The molecule has 0 aliphatic carbocycles. The highest BCUT2D eigenvalue weighted by Crippen LogP contribution is 2.27. The minimum Gasteiger partial charge on any atom is -0.478 e. The van der Waals surface area contributed by atoms with Gasteiger partial charge in [0.2, 0.25) is 0 Å². The molecule has 1 aromatic heterocycles. The van der Waals surface area contributed by atoms with Crippen LogP contribution in [0.4, 0.5) is 5.69 Å². The Hall–Kier alpha value is -2.06. The van der Waals surface area contributed by atoms with E-state index in [9.17, 15) is 13.2 Å². The number of aromatic amines is 1. The average Bonchev–Trinajstić information content (AvgIpc) is 2.71. The van der Waals surface area contributed by atoms with E-state index in [1.807, 2.05) is 0 Å². The van der Waals surface area contributed by atoms with Gasteiger partial charge < -0.3 is 5.11 Å². The maximum Gasteiger partial charge on any atom is 0.335 e. The molecule has 0 atom stereocenters. The van der Waals surface area contributed by atoms with E-state index in [0.717, 1.165) is 0 Å². The normalized spacial score (nSPS) is 11.4. The number of aromatic carboxylic acids is 1. The third-order valence-electron chi connectivity index (χ3n) is 2.79. The van der Waals surface area contributed by atoms with E-state index >= 15 is 0 Å². The monoisotopic (exact) mass is 329 g/mol. The number of sulfonamides is 1. The first-order chi connectivity index (χ1) is 9.72. The third kappa shape index (κ3) is 3.01. The summed E-state index contributed by atoms with van der Waals surface area (Å²) in [5.74, 6) is -1.15. The Labute approximate surface area is 126 Å². The molecular formula is C12H12ClN3O4S. The predicted octanol–water partition coefficient (Wildman–Crippen LogP) is 2.18. The maximum absolute atomic E-state index is 12.3. The van der Waals surface area contributed by atoms with Crippen LogP contribution in [0.3, 0.4) is 0 Å². The van der Waals surface area contributed by atoms with Crippen molar-refractivity contribution in [1.82, 2.24) is 10.2 Å². The first-order valence-corrected chi connectivity index (χ1v) is 7.65. The molecule has 21 heavy (non-hydrogen) atoms. The van der Waals surface area contributed by atoms with Gasteiger partial charge in [-0.3, -0.25) is 9.82 Å². The zero-order chi connectivity index (χ0) is 15.8. The third-order valence-corrected chi connectivity index (χ3v) is 4.73. The number of aryl methyl sites for hydroxylation is 2. The lowest BCUT2D eigenvalue weighted by molar-refractivity contribution is 0.0697. The van der Waals surface area contributed by atoms with Gasteiger partial charge in [-0.25, -0.2) is 13.2 Å². The van der Waals surface area contributed by atoms with E-state index in [0.29, 0.717) is 11.4 Å². The minimum absolute atomic E-state index is 0.00252. The number of nitrogens with zero attached hydrogens (tertiary/aromatic N) is 1. The summed E-state index contributed by atoms with van der Waals surface area (Å²) < 4.78 is 27.0. The van der Waals surface area contributed by atoms with Crippen molar-refractivity contribution in [3.05, 3.63) is 40.2 Å². The maximum atomic E-state index is 12.3. The Morgan fingerprint density at radius 1 is 1.38 bits per heavy atom. The standard InChI is InChI=1S/C12H12ClN3O4S/c1-6-11(7(2)15-14-6)21(19,20)16-10-4-3-8(12(17)18)5-9(10)13/h3-5,16H,1-2H3,(H,14,15)(H,17,18). The molecule has 112 valence electrons. The van der Waals surface area contributed by atoms with E-state index in [2.05, 4.69) is 14.9 Å². The predicted molar refractivity (Wildman–Crippen MR) is 77.3 cm³/mol. The average molecular weight is 330 g/mol. The first kappa shape index (κ1) is 15.3. The molecule has 7 nitrogen and oxygen atoms in total. The lowest BCUT2D eigenvalue weighted by Crippen LogP contribution is -2.15. The number of carbonyl (C=O) groups is 1. The van der Waals surface area contributed by atoms with Crippen molar-refractivity contribution in [3.63, 3.8) is 0 Å². The molecule has 0 fully saturated rings. The summed E-state index contributed by atoms with van der Waals surface area (Å²) in [5.41, 5.74) is 0.803. The number of carboxylic acid groups (broad SMARTS) is 1. The molecule has 0 saturated heterocycles. The van der Waals surface area contributed by atoms with Crippen LogP contribution < -0.4 is 4.72 Å². The Kier molecular flexibility index (Phi) is 3.93. The molecule has 1 heterocycles. The number of anilines is 1. The van der Waals surface area contributed by atoms with Crippen molar-refractivity contribution >= 4 is 33.3 Å². The van der Waals surface area contributed by atoms with E-state index < -0.39 is 16.0 Å². The number of halogens is 1. The summed E-state index contributed by atoms with van der Waals surface area (Å²) >= 11 is 5.91. The second kappa shape index (κ2) is 5.38. The Bertz CT molecular complexity index is 794. The van der Waals surface area contributed by atoms with Crippen LogP contribution in [-0.4, -0.2) is 29.7 Å². The van der Waals surface area contributed by atoms with Gasteiger partial charge in [-0.05, 0) is 32.0 Å². The highest BCUT2D eigenvalue weighted by Gasteiger charge is 2.23. The number of H-pyrrole nitrogens is 1. The molecule has 0 unspecified atom stereocenters.